The molecule has 2 rings (SSSR count). The maximum absolute atomic E-state index is 12.3. The second-order valence-electron chi connectivity index (χ2n) is 5.95. The lowest BCUT2D eigenvalue weighted by Gasteiger charge is -2.31. The Bertz CT molecular complexity index is 604. The fourth-order valence-corrected chi connectivity index (χ4v) is 4.43. The van der Waals surface area contributed by atoms with Gasteiger partial charge in [-0.2, -0.15) is 0 Å². The van der Waals surface area contributed by atoms with Gasteiger partial charge in [-0.15, -0.1) is 0 Å². The molecule has 1 atom stereocenters. The SMILES string of the molecule is CCCCS(=O)(=O)N1CCCC(C(=O)NCc2cccnc2)C1. The molecule has 1 fully saturated rings. The molecule has 1 aliphatic heterocycles. The molecule has 0 spiro atoms. The molecule has 2 heterocycles. The number of nitrogens with zero attached hydrogens (tertiary/aromatic N) is 2. The van der Waals surface area contributed by atoms with Crippen LogP contribution in [0.4, 0.5) is 0 Å². The molecule has 7 heteroatoms. The number of nitrogens with one attached hydrogen (secondary N) is 1. The van der Waals surface area contributed by atoms with Crippen molar-refractivity contribution in [1.82, 2.24) is 14.6 Å². The van der Waals surface area contributed by atoms with Crippen LogP contribution in [-0.4, -0.2) is 42.5 Å². The average Bonchev–Trinajstić information content (AvgIpc) is 2.59. The van der Waals surface area contributed by atoms with Crippen molar-refractivity contribution in [3.63, 3.8) is 0 Å². The van der Waals surface area contributed by atoms with Crippen molar-refractivity contribution in [1.29, 1.82) is 0 Å². The predicted octanol–water partition coefficient (Wildman–Crippen LogP) is 1.54. The van der Waals surface area contributed by atoms with Crippen LogP contribution in [-0.2, 0) is 21.4 Å². The molecule has 0 aliphatic carbocycles. The number of piperidine rings is 1. The highest BCUT2D eigenvalue weighted by atomic mass is 32.2. The zero-order valence-corrected chi connectivity index (χ0v) is 14.4. The van der Waals surface area contributed by atoms with Crippen LogP contribution in [0.2, 0.25) is 0 Å². The summed E-state index contributed by atoms with van der Waals surface area (Å²) in [6.07, 6.45) is 6.38. The number of carbonyl (C=O) groups excluding carboxylic acids is 1. The molecule has 1 N–H and O–H groups in total. The number of rotatable bonds is 7. The lowest BCUT2D eigenvalue weighted by molar-refractivity contribution is -0.126. The molecule has 1 amide bonds. The minimum Gasteiger partial charge on any atom is -0.352 e. The molecule has 1 aliphatic rings. The van der Waals surface area contributed by atoms with E-state index in [0.29, 0.717) is 26.1 Å². The van der Waals surface area contributed by atoms with Gasteiger partial charge in [0, 0.05) is 32.0 Å². The van der Waals surface area contributed by atoms with Gasteiger partial charge in [0.05, 0.1) is 11.7 Å². The maximum atomic E-state index is 12.3. The molecule has 1 aromatic rings. The quantitative estimate of drug-likeness (QED) is 0.817. The molecular formula is C16H25N3O3S. The van der Waals surface area contributed by atoms with Crippen LogP contribution in [0.3, 0.4) is 0 Å². The molecular weight excluding hydrogens is 314 g/mol. The number of hydrogen-bond acceptors (Lipinski definition) is 4. The van der Waals surface area contributed by atoms with Gasteiger partial charge in [0.25, 0.3) is 0 Å². The third-order valence-corrected chi connectivity index (χ3v) is 6.02. The first-order valence-electron chi connectivity index (χ1n) is 8.17. The van der Waals surface area contributed by atoms with E-state index in [4.69, 9.17) is 0 Å². The van der Waals surface area contributed by atoms with E-state index in [1.807, 2.05) is 19.1 Å². The summed E-state index contributed by atoms with van der Waals surface area (Å²) in [5.74, 6) is -0.172. The molecule has 23 heavy (non-hydrogen) atoms. The summed E-state index contributed by atoms with van der Waals surface area (Å²) in [4.78, 5) is 16.3. The summed E-state index contributed by atoms with van der Waals surface area (Å²) in [6, 6.07) is 3.72. The van der Waals surface area contributed by atoms with Crippen molar-refractivity contribution < 1.29 is 13.2 Å². The van der Waals surface area contributed by atoms with Crippen molar-refractivity contribution in [2.75, 3.05) is 18.8 Å². The van der Waals surface area contributed by atoms with Crippen molar-refractivity contribution in [2.45, 2.75) is 39.2 Å². The lowest BCUT2D eigenvalue weighted by atomic mass is 9.99. The summed E-state index contributed by atoms with van der Waals surface area (Å²) in [6.45, 7) is 3.22. The number of unbranched alkanes of at least 4 members (excludes halogenated alkanes) is 1. The average molecular weight is 339 g/mol. The molecule has 0 bridgehead atoms. The highest BCUT2D eigenvalue weighted by molar-refractivity contribution is 7.89. The van der Waals surface area contributed by atoms with Gasteiger partial charge in [-0.1, -0.05) is 19.4 Å². The van der Waals surface area contributed by atoms with Crippen LogP contribution < -0.4 is 5.32 Å². The number of aromatic nitrogens is 1. The zero-order valence-electron chi connectivity index (χ0n) is 13.6. The van der Waals surface area contributed by atoms with Crippen molar-refractivity contribution in [3.05, 3.63) is 30.1 Å². The molecule has 1 aromatic heterocycles. The minimum absolute atomic E-state index is 0.0794. The van der Waals surface area contributed by atoms with Gasteiger partial charge in [0.15, 0.2) is 0 Å². The normalized spacial score (nSPS) is 19.4. The molecule has 0 aromatic carbocycles. The first-order chi connectivity index (χ1) is 11.0. The van der Waals surface area contributed by atoms with E-state index in [1.54, 1.807) is 12.4 Å². The van der Waals surface area contributed by atoms with Crippen molar-refractivity contribution in [3.8, 4) is 0 Å². The molecule has 6 nitrogen and oxygen atoms in total. The summed E-state index contributed by atoms with van der Waals surface area (Å²) in [5, 5.41) is 2.88. The number of amides is 1. The van der Waals surface area contributed by atoms with Crippen LogP contribution >= 0.6 is 0 Å². The van der Waals surface area contributed by atoms with Gasteiger partial charge in [-0.25, -0.2) is 12.7 Å². The number of hydrogen-bond donors (Lipinski definition) is 1. The second kappa shape index (κ2) is 8.40. The first-order valence-corrected chi connectivity index (χ1v) is 9.78. The van der Waals surface area contributed by atoms with Gasteiger partial charge in [0.2, 0.25) is 15.9 Å². The van der Waals surface area contributed by atoms with E-state index in [1.165, 1.54) is 4.31 Å². The van der Waals surface area contributed by atoms with E-state index in [9.17, 15) is 13.2 Å². The Morgan fingerprint density at radius 3 is 3.00 bits per heavy atom. The van der Waals surface area contributed by atoms with Gasteiger partial charge < -0.3 is 5.32 Å². The van der Waals surface area contributed by atoms with Crippen LogP contribution in [0.15, 0.2) is 24.5 Å². The fourth-order valence-electron chi connectivity index (χ4n) is 2.70. The Labute approximate surface area is 138 Å². The smallest absolute Gasteiger partial charge is 0.224 e. The second-order valence-corrected chi connectivity index (χ2v) is 8.03. The molecule has 1 saturated heterocycles. The van der Waals surface area contributed by atoms with Gasteiger partial charge in [-0.3, -0.25) is 9.78 Å². The summed E-state index contributed by atoms with van der Waals surface area (Å²) < 4.78 is 26.0. The molecule has 0 radical (unpaired) electrons. The number of pyridine rings is 1. The molecule has 0 saturated carbocycles. The molecule has 1 unspecified atom stereocenters. The van der Waals surface area contributed by atoms with Gasteiger partial charge in [-0.05, 0) is 30.9 Å². The highest BCUT2D eigenvalue weighted by Gasteiger charge is 2.31. The van der Waals surface area contributed by atoms with E-state index in [2.05, 4.69) is 10.3 Å². The third-order valence-electron chi connectivity index (χ3n) is 4.09. The lowest BCUT2D eigenvalue weighted by Crippen LogP contribution is -2.46. The Morgan fingerprint density at radius 2 is 2.30 bits per heavy atom. The predicted molar refractivity (Wildman–Crippen MR) is 89.1 cm³/mol. The van der Waals surface area contributed by atoms with Gasteiger partial charge in [0.1, 0.15) is 0 Å². The summed E-state index contributed by atoms with van der Waals surface area (Å²) in [5.41, 5.74) is 0.934. The van der Waals surface area contributed by atoms with Crippen LogP contribution in [0.5, 0.6) is 0 Å². The monoisotopic (exact) mass is 339 g/mol. The van der Waals surface area contributed by atoms with E-state index in [0.717, 1.165) is 24.8 Å². The van der Waals surface area contributed by atoms with Gasteiger partial charge >= 0.3 is 0 Å². The van der Waals surface area contributed by atoms with Crippen molar-refractivity contribution in [2.24, 2.45) is 5.92 Å². The maximum Gasteiger partial charge on any atom is 0.224 e. The number of carbonyl (C=O) groups is 1. The van der Waals surface area contributed by atoms with E-state index < -0.39 is 10.0 Å². The third kappa shape index (κ3) is 5.28. The fraction of sp³-hybridized carbons (Fsp3) is 0.625. The summed E-state index contributed by atoms with van der Waals surface area (Å²) in [7, 11) is -3.24. The topological polar surface area (TPSA) is 79.4 Å². The zero-order chi connectivity index (χ0) is 16.7. The van der Waals surface area contributed by atoms with Crippen LogP contribution in [0, 0.1) is 5.92 Å². The largest absolute Gasteiger partial charge is 0.352 e. The Morgan fingerprint density at radius 1 is 1.48 bits per heavy atom. The van der Waals surface area contributed by atoms with E-state index in [-0.39, 0.29) is 17.6 Å². The van der Waals surface area contributed by atoms with Crippen LogP contribution in [0.1, 0.15) is 38.2 Å². The number of sulfonamides is 1. The Balaban J connectivity index is 1.88. The minimum atomic E-state index is -3.24. The highest BCUT2D eigenvalue weighted by Crippen LogP contribution is 2.20. The Hall–Kier alpha value is -1.47. The van der Waals surface area contributed by atoms with Crippen LogP contribution in [0.25, 0.3) is 0 Å². The first kappa shape index (κ1) is 17.9. The van der Waals surface area contributed by atoms with E-state index >= 15 is 0 Å². The van der Waals surface area contributed by atoms with Crippen molar-refractivity contribution >= 4 is 15.9 Å². The Kier molecular flexibility index (Phi) is 6.53. The standard InChI is InChI=1S/C16H25N3O3S/c1-2-3-10-23(21,22)19-9-5-7-15(13-19)16(20)18-12-14-6-4-8-17-11-14/h4,6,8,11,15H,2-3,5,7,9-10,12-13H2,1H3,(H,18,20). The summed E-state index contributed by atoms with van der Waals surface area (Å²) >= 11 is 0. The molecule has 128 valence electrons.